The second kappa shape index (κ2) is 7.98. The third-order valence-corrected chi connectivity index (χ3v) is 2.64. The van der Waals surface area contributed by atoms with Crippen molar-refractivity contribution in [3.8, 4) is 0 Å². The highest BCUT2D eigenvalue weighted by molar-refractivity contribution is 5.89. The average Bonchev–Trinajstić information content (AvgIpc) is 2.46. The maximum absolute atomic E-state index is 12.0. The third kappa shape index (κ3) is 5.59. The molecule has 0 heterocycles. The van der Waals surface area contributed by atoms with Crippen LogP contribution in [0.4, 0.5) is 0 Å². The van der Waals surface area contributed by atoms with Gasteiger partial charge in [-0.05, 0) is 5.56 Å². The summed E-state index contributed by atoms with van der Waals surface area (Å²) in [6.45, 7) is -1.19. The highest BCUT2D eigenvalue weighted by atomic mass is 16.5. The van der Waals surface area contributed by atoms with E-state index in [2.05, 4.69) is 5.32 Å². The van der Waals surface area contributed by atoms with Crippen LogP contribution in [0.25, 0.3) is 0 Å². The van der Waals surface area contributed by atoms with Crippen LogP contribution in [0, 0.1) is 0 Å². The third-order valence-electron chi connectivity index (χ3n) is 2.64. The molecule has 0 saturated carbocycles. The second-order valence-corrected chi connectivity index (χ2v) is 4.30. The van der Waals surface area contributed by atoms with Crippen molar-refractivity contribution < 1.29 is 24.7 Å². The Morgan fingerprint density at radius 3 is 2.38 bits per heavy atom. The van der Waals surface area contributed by atoms with Crippen LogP contribution in [0.15, 0.2) is 30.3 Å². The van der Waals surface area contributed by atoms with E-state index in [0.717, 1.165) is 5.56 Å². The Kier molecular flexibility index (Phi) is 6.31. The lowest BCUT2D eigenvalue weighted by Gasteiger charge is -2.22. The van der Waals surface area contributed by atoms with Crippen molar-refractivity contribution in [3.63, 3.8) is 0 Å². The van der Waals surface area contributed by atoms with Crippen molar-refractivity contribution >= 4 is 17.8 Å². The Bertz CT molecular complexity index is 506. The lowest BCUT2D eigenvalue weighted by Crippen LogP contribution is -2.51. The Labute approximate surface area is 121 Å². The molecule has 8 nitrogen and oxygen atoms in total. The van der Waals surface area contributed by atoms with Crippen molar-refractivity contribution in [1.82, 2.24) is 10.4 Å². The van der Waals surface area contributed by atoms with Crippen LogP contribution in [-0.4, -0.2) is 52.3 Å². The van der Waals surface area contributed by atoms with Crippen LogP contribution in [-0.2, 0) is 20.8 Å². The number of hydrogen-bond donors (Lipinski definition) is 4. The molecule has 8 heteroatoms. The van der Waals surface area contributed by atoms with E-state index in [4.69, 9.17) is 10.8 Å². The summed E-state index contributed by atoms with van der Waals surface area (Å²) >= 11 is 0. The van der Waals surface area contributed by atoms with Gasteiger partial charge in [0.1, 0.15) is 12.6 Å². The van der Waals surface area contributed by atoms with Gasteiger partial charge in [0.05, 0.1) is 6.54 Å². The number of carbonyl (C=O) groups excluding carboxylic acids is 2. The summed E-state index contributed by atoms with van der Waals surface area (Å²) in [7, 11) is 0. The van der Waals surface area contributed by atoms with E-state index in [-0.39, 0.29) is 18.0 Å². The molecule has 0 unspecified atom stereocenters. The van der Waals surface area contributed by atoms with Crippen molar-refractivity contribution in [3.05, 3.63) is 35.9 Å². The molecule has 5 N–H and O–H groups in total. The second-order valence-electron chi connectivity index (χ2n) is 4.30. The number of benzene rings is 1. The highest BCUT2D eigenvalue weighted by Crippen LogP contribution is 2.05. The summed E-state index contributed by atoms with van der Waals surface area (Å²) in [6, 6.07) is 7.71. The smallest absolute Gasteiger partial charge is 0.325 e. The lowest BCUT2D eigenvalue weighted by molar-refractivity contribution is -0.175. The summed E-state index contributed by atoms with van der Waals surface area (Å²) in [6.07, 6.45) is 0.113. The van der Waals surface area contributed by atoms with Crippen LogP contribution < -0.4 is 11.1 Å². The van der Waals surface area contributed by atoms with Crippen LogP contribution >= 0.6 is 0 Å². The van der Waals surface area contributed by atoms with Gasteiger partial charge in [0.2, 0.25) is 5.91 Å². The van der Waals surface area contributed by atoms with E-state index in [1.54, 1.807) is 30.3 Å². The Hall–Kier alpha value is -2.45. The van der Waals surface area contributed by atoms with Crippen LogP contribution in [0.2, 0.25) is 0 Å². The van der Waals surface area contributed by atoms with E-state index in [1.165, 1.54) is 0 Å². The molecule has 0 aliphatic rings. The quantitative estimate of drug-likeness (QED) is 0.376. The number of rotatable bonds is 7. The molecule has 0 aromatic heterocycles. The molecule has 1 aromatic rings. The van der Waals surface area contributed by atoms with E-state index in [0.29, 0.717) is 0 Å². The number of carboxylic acid groups (broad SMARTS) is 1. The number of hydroxylamine groups is 2. The maximum atomic E-state index is 12.0. The molecular formula is C13H17N3O5. The minimum absolute atomic E-state index is 0.0622. The molecule has 0 radical (unpaired) electrons. The zero-order valence-corrected chi connectivity index (χ0v) is 11.2. The molecule has 21 heavy (non-hydrogen) atoms. The van der Waals surface area contributed by atoms with Gasteiger partial charge in [0, 0.05) is 6.42 Å². The van der Waals surface area contributed by atoms with Gasteiger partial charge in [-0.15, -0.1) is 0 Å². The molecule has 0 aliphatic carbocycles. The van der Waals surface area contributed by atoms with Crippen LogP contribution in [0.3, 0.4) is 0 Å². The Morgan fingerprint density at radius 1 is 1.24 bits per heavy atom. The number of hydrogen-bond acceptors (Lipinski definition) is 5. The van der Waals surface area contributed by atoms with Gasteiger partial charge in [-0.25, -0.2) is 5.06 Å². The standard InChI is InChI=1S/C13H17N3O5/c14-7-11(17)15-10(6-9-4-2-1-3-5-9)13(20)16(21)8-12(18)19/h1-5,10,21H,6-8,14H2,(H,15,17)(H,18,19)/t10-/m0/s1. The van der Waals surface area contributed by atoms with E-state index < -0.39 is 30.4 Å². The minimum atomic E-state index is -1.37. The summed E-state index contributed by atoms with van der Waals surface area (Å²) in [5, 5.41) is 20.4. The molecule has 0 saturated heterocycles. The fraction of sp³-hybridized carbons (Fsp3) is 0.308. The molecule has 2 amide bonds. The molecule has 1 atom stereocenters. The molecule has 0 fully saturated rings. The van der Waals surface area contributed by atoms with Crippen molar-refractivity contribution in [2.24, 2.45) is 5.73 Å². The number of nitrogens with two attached hydrogens (primary N) is 1. The summed E-state index contributed by atoms with van der Waals surface area (Å²) in [5.41, 5.74) is 5.92. The van der Waals surface area contributed by atoms with Gasteiger partial charge < -0.3 is 16.2 Å². The Balaban J connectivity index is 2.83. The monoisotopic (exact) mass is 295 g/mol. The first-order valence-electron chi connectivity index (χ1n) is 6.19. The van der Waals surface area contributed by atoms with Gasteiger partial charge in [0.25, 0.3) is 5.91 Å². The molecular weight excluding hydrogens is 278 g/mol. The zero-order valence-electron chi connectivity index (χ0n) is 11.2. The largest absolute Gasteiger partial charge is 0.480 e. The molecule has 114 valence electrons. The van der Waals surface area contributed by atoms with E-state index in [1.807, 2.05) is 0 Å². The van der Waals surface area contributed by atoms with Crippen LogP contribution in [0.1, 0.15) is 5.56 Å². The van der Waals surface area contributed by atoms with Gasteiger partial charge in [-0.1, -0.05) is 30.3 Å². The molecule has 1 rings (SSSR count). The molecule has 1 aromatic carbocycles. The van der Waals surface area contributed by atoms with Gasteiger partial charge >= 0.3 is 5.97 Å². The van der Waals surface area contributed by atoms with Crippen molar-refractivity contribution in [2.45, 2.75) is 12.5 Å². The van der Waals surface area contributed by atoms with E-state index in [9.17, 15) is 19.6 Å². The molecule has 0 aliphatic heterocycles. The number of carboxylic acids is 1. The summed E-state index contributed by atoms with van der Waals surface area (Å²) in [4.78, 5) is 33.9. The predicted octanol–water partition coefficient (Wildman–Crippen LogP) is -1.02. The first-order chi connectivity index (χ1) is 9.93. The van der Waals surface area contributed by atoms with Crippen molar-refractivity contribution in [2.75, 3.05) is 13.1 Å². The number of nitrogens with one attached hydrogen (secondary N) is 1. The number of amides is 2. The number of nitrogens with zero attached hydrogens (tertiary/aromatic N) is 1. The van der Waals surface area contributed by atoms with Crippen molar-refractivity contribution in [1.29, 1.82) is 0 Å². The summed E-state index contributed by atoms with van der Waals surface area (Å²) in [5.74, 6) is -2.86. The fourth-order valence-electron chi connectivity index (χ4n) is 1.69. The average molecular weight is 295 g/mol. The minimum Gasteiger partial charge on any atom is -0.480 e. The first-order valence-corrected chi connectivity index (χ1v) is 6.19. The summed E-state index contributed by atoms with van der Waals surface area (Å²) < 4.78 is 0. The maximum Gasteiger partial charge on any atom is 0.325 e. The van der Waals surface area contributed by atoms with Gasteiger partial charge in [-0.2, -0.15) is 0 Å². The SMILES string of the molecule is NCC(=O)N[C@@H](Cc1ccccc1)C(=O)N(O)CC(=O)O. The molecule has 0 spiro atoms. The fourth-order valence-corrected chi connectivity index (χ4v) is 1.69. The number of aliphatic carboxylic acids is 1. The zero-order chi connectivity index (χ0) is 15.8. The number of carbonyl (C=O) groups is 3. The van der Waals surface area contributed by atoms with Crippen LogP contribution in [0.5, 0.6) is 0 Å². The molecule has 0 bridgehead atoms. The van der Waals surface area contributed by atoms with Gasteiger partial charge in [0.15, 0.2) is 0 Å². The lowest BCUT2D eigenvalue weighted by atomic mass is 10.1. The van der Waals surface area contributed by atoms with Gasteiger partial charge in [-0.3, -0.25) is 19.6 Å². The first kappa shape index (κ1) is 16.6. The highest BCUT2D eigenvalue weighted by Gasteiger charge is 2.26. The Morgan fingerprint density at radius 2 is 1.86 bits per heavy atom. The topological polar surface area (TPSA) is 133 Å². The predicted molar refractivity (Wildman–Crippen MR) is 72.3 cm³/mol. The van der Waals surface area contributed by atoms with E-state index >= 15 is 0 Å². The normalized spacial score (nSPS) is 11.5.